The quantitative estimate of drug-likeness (QED) is 0.568. The first-order chi connectivity index (χ1) is 13.0. The molecule has 27 heavy (non-hydrogen) atoms. The van der Waals surface area contributed by atoms with Crippen molar-refractivity contribution >= 4 is 32.5 Å². The number of benzene rings is 2. The van der Waals surface area contributed by atoms with Crippen molar-refractivity contribution in [3.63, 3.8) is 0 Å². The molecule has 0 saturated carbocycles. The van der Waals surface area contributed by atoms with Crippen molar-refractivity contribution < 1.29 is 9.52 Å². The van der Waals surface area contributed by atoms with E-state index in [0.717, 1.165) is 10.2 Å². The third kappa shape index (κ3) is 3.01. The fourth-order valence-electron chi connectivity index (χ4n) is 3.26. The molecule has 0 unspecified atom stereocenters. The molecular formula is C21H20N2O3S. The topological polar surface area (TPSA) is 66.6 Å². The molecule has 5 nitrogen and oxygen atoms in total. The maximum Gasteiger partial charge on any atom is 0.203 e. The Morgan fingerprint density at radius 2 is 1.96 bits per heavy atom. The zero-order valence-corrected chi connectivity index (χ0v) is 16.3. The molecule has 138 valence electrons. The summed E-state index contributed by atoms with van der Waals surface area (Å²) in [6.07, 6.45) is 0.563. The van der Waals surface area contributed by atoms with Crippen LogP contribution in [-0.4, -0.2) is 29.1 Å². The summed E-state index contributed by atoms with van der Waals surface area (Å²) in [7, 11) is 3.82. The van der Waals surface area contributed by atoms with Gasteiger partial charge in [0.1, 0.15) is 22.1 Å². The summed E-state index contributed by atoms with van der Waals surface area (Å²) in [6.45, 7) is 2.44. The first kappa shape index (κ1) is 17.7. The van der Waals surface area contributed by atoms with Crippen LogP contribution in [0.15, 0.2) is 45.6 Å². The van der Waals surface area contributed by atoms with Crippen LogP contribution >= 0.6 is 11.3 Å². The summed E-state index contributed by atoms with van der Waals surface area (Å²) in [5.41, 5.74) is 2.37. The zero-order chi connectivity index (χ0) is 19.1. The average Bonchev–Trinajstić information content (AvgIpc) is 3.07. The molecule has 0 aliphatic carbocycles. The van der Waals surface area contributed by atoms with E-state index in [0.29, 0.717) is 45.8 Å². The SMILES string of the molecule is CCc1oc2c(CN(C)C)c(O)ccc2c(=O)c1-c1nc2ccccc2s1. The average molecular weight is 380 g/mol. The van der Waals surface area contributed by atoms with Crippen LogP contribution in [0.3, 0.4) is 0 Å². The first-order valence-electron chi connectivity index (χ1n) is 8.80. The molecule has 4 aromatic rings. The summed E-state index contributed by atoms with van der Waals surface area (Å²) < 4.78 is 7.20. The van der Waals surface area contributed by atoms with E-state index in [9.17, 15) is 9.90 Å². The summed E-state index contributed by atoms with van der Waals surface area (Å²) >= 11 is 1.49. The van der Waals surface area contributed by atoms with Crippen molar-refractivity contribution in [1.29, 1.82) is 0 Å². The van der Waals surface area contributed by atoms with Crippen molar-refractivity contribution in [2.75, 3.05) is 14.1 Å². The number of fused-ring (bicyclic) bond motifs is 2. The predicted molar refractivity (Wildman–Crippen MR) is 110 cm³/mol. The molecular weight excluding hydrogens is 360 g/mol. The van der Waals surface area contributed by atoms with Gasteiger partial charge in [-0.25, -0.2) is 4.98 Å². The first-order valence-corrected chi connectivity index (χ1v) is 9.62. The Morgan fingerprint density at radius 3 is 2.67 bits per heavy atom. The number of phenolic OH excluding ortho intramolecular Hbond substituents is 1. The minimum absolute atomic E-state index is 0.104. The Hall–Kier alpha value is -2.70. The molecule has 6 heteroatoms. The minimum atomic E-state index is -0.104. The number of thiazole rings is 1. The van der Waals surface area contributed by atoms with Crippen molar-refractivity contribution in [3.05, 3.63) is 57.9 Å². The van der Waals surface area contributed by atoms with Gasteiger partial charge in [0.05, 0.1) is 26.7 Å². The molecule has 0 fully saturated rings. The van der Waals surface area contributed by atoms with E-state index >= 15 is 0 Å². The number of para-hydroxylation sites is 1. The number of hydrogen-bond donors (Lipinski definition) is 1. The zero-order valence-electron chi connectivity index (χ0n) is 15.4. The van der Waals surface area contributed by atoms with E-state index in [-0.39, 0.29) is 11.2 Å². The standard InChI is InChI=1S/C21H20N2O3S/c1-4-16-18(21-22-14-7-5-6-8-17(14)27-21)19(25)12-9-10-15(24)13(11-23(2)3)20(12)26-16/h5-10,24H,4,11H2,1-3H3. The second-order valence-corrected chi connectivity index (χ2v) is 7.78. The Balaban J connectivity index is 2.03. The van der Waals surface area contributed by atoms with Gasteiger partial charge >= 0.3 is 0 Å². The lowest BCUT2D eigenvalue weighted by Crippen LogP contribution is -2.14. The molecule has 0 bridgehead atoms. The molecule has 1 N–H and O–H groups in total. The van der Waals surface area contributed by atoms with Crippen LogP contribution in [0.2, 0.25) is 0 Å². The highest BCUT2D eigenvalue weighted by molar-refractivity contribution is 7.21. The molecule has 0 spiro atoms. The molecule has 0 saturated heterocycles. The highest BCUT2D eigenvalue weighted by Gasteiger charge is 2.21. The Labute approximate surface area is 160 Å². The lowest BCUT2D eigenvalue weighted by molar-refractivity contribution is 0.383. The van der Waals surface area contributed by atoms with Crippen LogP contribution in [0.25, 0.3) is 31.8 Å². The molecule has 0 aliphatic rings. The molecule has 0 amide bonds. The van der Waals surface area contributed by atoms with Gasteiger partial charge in [0.2, 0.25) is 5.43 Å². The predicted octanol–water partition coefficient (Wildman–Crippen LogP) is 4.40. The molecule has 0 aliphatic heterocycles. The molecule has 2 aromatic carbocycles. The van der Waals surface area contributed by atoms with E-state index in [4.69, 9.17) is 4.42 Å². The summed E-state index contributed by atoms with van der Waals surface area (Å²) in [4.78, 5) is 19.9. The number of aromatic nitrogens is 1. The molecule has 0 radical (unpaired) electrons. The van der Waals surface area contributed by atoms with E-state index in [1.54, 1.807) is 12.1 Å². The lowest BCUT2D eigenvalue weighted by Gasteiger charge is -2.14. The van der Waals surface area contributed by atoms with E-state index in [2.05, 4.69) is 4.98 Å². The third-order valence-corrected chi connectivity index (χ3v) is 5.57. The van der Waals surface area contributed by atoms with Gasteiger partial charge in [0.15, 0.2) is 0 Å². The fourth-order valence-corrected chi connectivity index (χ4v) is 4.29. The van der Waals surface area contributed by atoms with Crippen molar-refractivity contribution in [1.82, 2.24) is 9.88 Å². The Morgan fingerprint density at radius 1 is 1.19 bits per heavy atom. The molecule has 2 heterocycles. The van der Waals surface area contributed by atoms with E-state index < -0.39 is 0 Å². The van der Waals surface area contributed by atoms with Crippen molar-refractivity contribution in [2.24, 2.45) is 0 Å². The monoisotopic (exact) mass is 380 g/mol. The number of rotatable bonds is 4. The van der Waals surface area contributed by atoms with Crippen molar-refractivity contribution in [3.8, 4) is 16.3 Å². The number of aromatic hydroxyl groups is 1. The Kier molecular flexibility index (Phi) is 4.45. The van der Waals surface area contributed by atoms with Crippen LogP contribution in [0.5, 0.6) is 5.75 Å². The van der Waals surface area contributed by atoms with Crippen LogP contribution in [0.1, 0.15) is 18.2 Å². The molecule has 0 atom stereocenters. The number of nitrogens with zero attached hydrogens (tertiary/aromatic N) is 2. The van der Waals surface area contributed by atoms with Gasteiger partial charge in [-0.1, -0.05) is 19.1 Å². The summed E-state index contributed by atoms with van der Waals surface area (Å²) in [6, 6.07) is 11.0. The second-order valence-electron chi connectivity index (χ2n) is 6.75. The minimum Gasteiger partial charge on any atom is -0.507 e. The van der Waals surface area contributed by atoms with Gasteiger partial charge in [0, 0.05) is 13.0 Å². The van der Waals surface area contributed by atoms with Gasteiger partial charge < -0.3 is 14.4 Å². The third-order valence-electron chi connectivity index (χ3n) is 4.51. The fraction of sp³-hybridized carbons (Fsp3) is 0.238. The van der Waals surface area contributed by atoms with Gasteiger partial charge in [-0.05, 0) is 38.4 Å². The second kappa shape index (κ2) is 6.79. The van der Waals surface area contributed by atoms with E-state index in [1.807, 2.05) is 50.2 Å². The summed E-state index contributed by atoms with van der Waals surface area (Å²) in [5.74, 6) is 0.728. The van der Waals surface area contributed by atoms with E-state index in [1.165, 1.54) is 11.3 Å². The van der Waals surface area contributed by atoms with Crippen LogP contribution < -0.4 is 5.43 Å². The highest BCUT2D eigenvalue weighted by atomic mass is 32.1. The number of aryl methyl sites for hydroxylation is 1. The van der Waals surface area contributed by atoms with Gasteiger partial charge in [-0.2, -0.15) is 0 Å². The van der Waals surface area contributed by atoms with Crippen molar-refractivity contribution in [2.45, 2.75) is 19.9 Å². The lowest BCUT2D eigenvalue weighted by atomic mass is 10.0. The van der Waals surface area contributed by atoms with Crippen LogP contribution in [-0.2, 0) is 13.0 Å². The molecule has 2 aromatic heterocycles. The number of hydrogen-bond acceptors (Lipinski definition) is 6. The highest BCUT2D eigenvalue weighted by Crippen LogP contribution is 2.34. The molecule has 4 rings (SSSR count). The van der Waals surface area contributed by atoms with Gasteiger partial charge in [-0.3, -0.25) is 4.79 Å². The maximum absolute atomic E-state index is 13.3. The maximum atomic E-state index is 13.3. The van der Waals surface area contributed by atoms with Crippen LogP contribution in [0, 0.1) is 0 Å². The van der Waals surface area contributed by atoms with Gasteiger partial charge in [-0.15, -0.1) is 11.3 Å². The largest absolute Gasteiger partial charge is 0.507 e. The number of phenols is 1. The normalized spacial score (nSPS) is 11.7. The smallest absolute Gasteiger partial charge is 0.203 e. The summed E-state index contributed by atoms with van der Waals surface area (Å²) in [5, 5.41) is 11.4. The Bertz CT molecular complexity index is 1170. The van der Waals surface area contributed by atoms with Gasteiger partial charge in [0.25, 0.3) is 0 Å². The van der Waals surface area contributed by atoms with Crippen LogP contribution in [0.4, 0.5) is 0 Å².